The Balaban J connectivity index is 2.10. The van der Waals surface area contributed by atoms with Crippen molar-refractivity contribution in [2.24, 2.45) is 5.92 Å². The molecular weight excluding hydrogens is 416 g/mol. The zero-order chi connectivity index (χ0) is 21.6. The van der Waals surface area contributed by atoms with Gasteiger partial charge in [0.25, 0.3) is 0 Å². The van der Waals surface area contributed by atoms with Crippen molar-refractivity contribution >= 4 is 27.5 Å². The smallest absolute Gasteiger partial charge is 0.241 e. The Morgan fingerprint density at radius 3 is 2.21 bits per heavy atom. The molecule has 0 aliphatic rings. The van der Waals surface area contributed by atoms with Gasteiger partial charge in [-0.3, -0.25) is 4.79 Å². The lowest BCUT2D eigenvalue weighted by Crippen LogP contribution is -2.49. The second kappa shape index (κ2) is 9.96. The van der Waals surface area contributed by atoms with E-state index in [1.807, 2.05) is 0 Å². The van der Waals surface area contributed by atoms with Crippen LogP contribution < -0.4 is 19.5 Å². The minimum atomic E-state index is -3.87. The number of carbonyl (C=O) groups is 1. The number of carbonyl (C=O) groups excluding carboxylic acids is 1. The van der Waals surface area contributed by atoms with Crippen LogP contribution in [-0.4, -0.2) is 34.6 Å². The first kappa shape index (κ1) is 23.0. The van der Waals surface area contributed by atoms with E-state index in [0.29, 0.717) is 16.5 Å². The molecule has 2 aromatic carbocycles. The normalized spacial score (nSPS) is 12.5. The molecule has 1 atom stereocenters. The van der Waals surface area contributed by atoms with E-state index in [1.54, 1.807) is 39.2 Å². The van der Waals surface area contributed by atoms with Crippen LogP contribution in [0.5, 0.6) is 11.5 Å². The topological polar surface area (TPSA) is 93.7 Å². The van der Waals surface area contributed by atoms with Gasteiger partial charge in [0.2, 0.25) is 15.9 Å². The Morgan fingerprint density at radius 2 is 1.66 bits per heavy atom. The first-order valence-corrected chi connectivity index (χ1v) is 10.8. The molecule has 0 aliphatic carbocycles. The fourth-order valence-electron chi connectivity index (χ4n) is 2.63. The summed E-state index contributed by atoms with van der Waals surface area (Å²) in [5.41, 5.74) is 0.791. The summed E-state index contributed by atoms with van der Waals surface area (Å²) in [6.07, 6.45) is 0. The van der Waals surface area contributed by atoms with Crippen molar-refractivity contribution in [3.63, 3.8) is 0 Å². The summed E-state index contributed by atoms with van der Waals surface area (Å²) in [5.74, 6) is 0.441. The summed E-state index contributed by atoms with van der Waals surface area (Å²) in [5, 5.41) is 3.20. The number of sulfonamides is 1. The van der Waals surface area contributed by atoms with Gasteiger partial charge in [-0.25, -0.2) is 8.42 Å². The lowest BCUT2D eigenvalue weighted by molar-refractivity contribution is -0.123. The maximum Gasteiger partial charge on any atom is 0.241 e. The van der Waals surface area contributed by atoms with E-state index < -0.39 is 22.0 Å². The van der Waals surface area contributed by atoms with E-state index in [2.05, 4.69) is 10.0 Å². The first-order chi connectivity index (χ1) is 13.7. The molecule has 2 aromatic rings. The SMILES string of the molecule is COc1ccc(CNC(=O)[C@@H](NS(=O)(=O)c2ccc(Cl)cc2)C(C)C)cc1OC. The first-order valence-electron chi connectivity index (χ1n) is 8.94. The molecular formula is C20H25ClN2O5S. The Morgan fingerprint density at radius 1 is 1.03 bits per heavy atom. The Hall–Kier alpha value is -2.29. The third-order valence-electron chi connectivity index (χ3n) is 4.27. The molecule has 0 saturated heterocycles. The van der Waals surface area contributed by atoms with Crippen LogP contribution in [0.15, 0.2) is 47.4 Å². The van der Waals surface area contributed by atoms with E-state index in [4.69, 9.17) is 21.1 Å². The molecule has 0 spiro atoms. The van der Waals surface area contributed by atoms with Crippen molar-refractivity contribution in [2.75, 3.05) is 14.2 Å². The molecule has 0 aromatic heterocycles. The molecule has 0 heterocycles. The number of nitrogens with one attached hydrogen (secondary N) is 2. The van der Waals surface area contributed by atoms with Gasteiger partial charge < -0.3 is 14.8 Å². The average Bonchev–Trinajstić information content (AvgIpc) is 2.70. The van der Waals surface area contributed by atoms with Crippen molar-refractivity contribution in [1.82, 2.24) is 10.0 Å². The number of benzene rings is 2. The second-order valence-corrected chi connectivity index (χ2v) is 8.85. The predicted octanol–water partition coefficient (Wildman–Crippen LogP) is 2.98. The van der Waals surface area contributed by atoms with Crippen molar-refractivity contribution < 1.29 is 22.7 Å². The molecule has 0 saturated carbocycles. The lowest BCUT2D eigenvalue weighted by Gasteiger charge is -2.22. The minimum absolute atomic E-state index is 0.0419. The van der Waals surface area contributed by atoms with Crippen molar-refractivity contribution in [3.05, 3.63) is 53.1 Å². The Kier molecular flexibility index (Phi) is 7.89. The molecule has 158 valence electrons. The highest BCUT2D eigenvalue weighted by molar-refractivity contribution is 7.89. The fraction of sp³-hybridized carbons (Fsp3) is 0.350. The average molecular weight is 441 g/mol. The number of rotatable bonds is 9. The molecule has 2 N–H and O–H groups in total. The maximum atomic E-state index is 12.7. The largest absolute Gasteiger partial charge is 0.493 e. The molecule has 9 heteroatoms. The highest BCUT2D eigenvalue weighted by Gasteiger charge is 2.28. The summed E-state index contributed by atoms with van der Waals surface area (Å²) in [6, 6.07) is 10.1. The van der Waals surface area contributed by atoms with E-state index in [9.17, 15) is 13.2 Å². The predicted molar refractivity (Wildman–Crippen MR) is 112 cm³/mol. The molecule has 0 bridgehead atoms. The van der Waals surface area contributed by atoms with Gasteiger partial charge in [0.05, 0.1) is 19.1 Å². The van der Waals surface area contributed by atoms with Gasteiger partial charge in [0, 0.05) is 11.6 Å². The van der Waals surface area contributed by atoms with Crippen LogP contribution in [0.2, 0.25) is 5.02 Å². The standard InChI is InChI=1S/C20H25ClN2O5S/c1-13(2)19(23-29(25,26)16-8-6-15(21)7-9-16)20(24)22-12-14-5-10-17(27-3)18(11-14)28-4/h5-11,13,19,23H,12H2,1-4H3,(H,22,24)/t19-/m0/s1. The van der Waals surface area contributed by atoms with Crippen LogP contribution in [-0.2, 0) is 21.4 Å². The Labute approximate surface area is 176 Å². The summed E-state index contributed by atoms with van der Waals surface area (Å²) < 4.78 is 38.2. The third-order valence-corrected chi connectivity index (χ3v) is 5.98. The molecule has 0 unspecified atom stereocenters. The molecule has 1 amide bonds. The summed E-state index contributed by atoms with van der Waals surface area (Å²) in [4.78, 5) is 12.7. The summed E-state index contributed by atoms with van der Waals surface area (Å²) >= 11 is 5.81. The van der Waals surface area contributed by atoms with Gasteiger partial charge in [-0.1, -0.05) is 31.5 Å². The van der Waals surface area contributed by atoms with Gasteiger partial charge in [-0.05, 0) is 47.9 Å². The van der Waals surface area contributed by atoms with Crippen molar-refractivity contribution in [1.29, 1.82) is 0 Å². The fourth-order valence-corrected chi connectivity index (χ4v) is 4.10. The zero-order valence-corrected chi connectivity index (χ0v) is 18.3. The van der Waals surface area contributed by atoms with E-state index >= 15 is 0 Å². The summed E-state index contributed by atoms with van der Waals surface area (Å²) in [6.45, 7) is 3.75. The summed E-state index contributed by atoms with van der Waals surface area (Å²) in [7, 11) is -0.806. The zero-order valence-electron chi connectivity index (χ0n) is 16.7. The van der Waals surface area contributed by atoms with Crippen LogP contribution in [0.25, 0.3) is 0 Å². The molecule has 29 heavy (non-hydrogen) atoms. The highest BCUT2D eigenvalue weighted by Crippen LogP contribution is 2.27. The number of methoxy groups -OCH3 is 2. The van der Waals surface area contributed by atoms with Crippen LogP contribution in [0.4, 0.5) is 0 Å². The third kappa shape index (κ3) is 6.09. The van der Waals surface area contributed by atoms with Crippen molar-refractivity contribution in [2.45, 2.75) is 31.3 Å². The quantitative estimate of drug-likeness (QED) is 0.625. The van der Waals surface area contributed by atoms with Gasteiger partial charge >= 0.3 is 0 Å². The van der Waals surface area contributed by atoms with E-state index in [1.165, 1.54) is 31.4 Å². The monoisotopic (exact) mass is 440 g/mol. The van der Waals surface area contributed by atoms with Crippen LogP contribution in [0.3, 0.4) is 0 Å². The van der Waals surface area contributed by atoms with Crippen LogP contribution in [0, 0.1) is 5.92 Å². The number of amides is 1. The highest BCUT2D eigenvalue weighted by atomic mass is 35.5. The number of hydrogen-bond donors (Lipinski definition) is 2. The van der Waals surface area contributed by atoms with Crippen LogP contribution >= 0.6 is 11.6 Å². The Bertz CT molecular complexity index is 946. The minimum Gasteiger partial charge on any atom is -0.493 e. The number of hydrogen-bond acceptors (Lipinski definition) is 5. The van der Waals surface area contributed by atoms with Gasteiger partial charge in [-0.2, -0.15) is 4.72 Å². The second-order valence-electron chi connectivity index (χ2n) is 6.70. The number of halogens is 1. The van der Waals surface area contributed by atoms with Gasteiger partial charge in [-0.15, -0.1) is 0 Å². The lowest BCUT2D eigenvalue weighted by atomic mass is 10.0. The van der Waals surface area contributed by atoms with E-state index in [0.717, 1.165) is 5.56 Å². The molecule has 7 nitrogen and oxygen atoms in total. The van der Waals surface area contributed by atoms with Gasteiger partial charge in [0.1, 0.15) is 6.04 Å². The van der Waals surface area contributed by atoms with Crippen molar-refractivity contribution in [3.8, 4) is 11.5 Å². The van der Waals surface area contributed by atoms with Crippen LogP contribution in [0.1, 0.15) is 19.4 Å². The molecule has 0 radical (unpaired) electrons. The molecule has 0 aliphatic heterocycles. The van der Waals surface area contributed by atoms with E-state index in [-0.39, 0.29) is 17.4 Å². The maximum absolute atomic E-state index is 12.7. The molecule has 2 rings (SSSR count). The molecule has 0 fully saturated rings. The van der Waals surface area contributed by atoms with Gasteiger partial charge in [0.15, 0.2) is 11.5 Å². The number of ether oxygens (including phenoxy) is 2.